The first-order valence-corrected chi connectivity index (χ1v) is 6.94. The van der Waals surface area contributed by atoms with Crippen LogP contribution in [0.1, 0.15) is 19.8 Å². The number of nitrogens with one attached hydrogen (secondary N) is 1. The second-order valence-electron chi connectivity index (χ2n) is 4.52. The molecule has 0 fully saturated rings. The second-order valence-corrected chi connectivity index (χ2v) is 4.96. The predicted molar refractivity (Wildman–Crippen MR) is 76.7 cm³/mol. The van der Waals surface area contributed by atoms with E-state index in [1.807, 2.05) is 6.92 Å². The van der Waals surface area contributed by atoms with Crippen molar-refractivity contribution in [3.05, 3.63) is 29.3 Å². The van der Waals surface area contributed by atoms with Gasteiger partial charge in [-0.05, 0) is 24.6 Å². The minimum atomic E-state index is -0.618. The maximum Gasteiger partial charge on any atom is 0.120 e. The number of hydrogen-bond acceptors (Lipinski definition) is 4. The summed E-state index contributed by atoms with van der Waals surface area (Å²) >= 11 is 5.83. The molecular formula is C14H22ClNO3. The van der Waals surface area contributed by atoms with Gasteiger partial charge < -0.3 is 20.3 Å². The van der Waals surface area contributed by atoms with Crippen molar-refractivity contribution in [1.29, 1.82) is 0 Å². The van der Waals surface area contributed by atoms with Crippen molar-refractivity contribution in [1.82, 2.24) is 5.32 Å². The Balaban J connectivity index is 2.16. The van der Waals surface area contributed by atoms with Crippen molar-refractivity contribution in [3.63, 3.8) is 0 Å². The number of aliphatic hydroxyl groups excluding tert-OH is 2. The van der Waals surface area contributed by atoms with Crippen LogP contribution in [-0.4, -0.2) is 42.1 Å². The molecule has 0 aromatic heterocycles. The lowest BCUT2D eigenvalue weighted by atomic mass is 10.2. The van der Waals surface area contributed by atoms with Gasteiger partial charge in [0.1, 0.15) is 18.5 Å². The quantitative estimate of drug-likeness (QED) is 0.648. The molecule has 5 heteroatoms. The number of benzene rings is 1. The number of aliphatic hydroxyl groups is 2. The van der Waals surface area contributed by atoms with Crippen molar-refractivity contribution < 1.29 is 14.9 Å². The highest BCUT2D eigenvalue weighted by molar-refractivity contribution is 6.30. The van der Waals surface area contributed by atoms with Crippen LogP contribution in [0.2, 0.25) is 5.02 Å². The molecule has 1 aromatic carbocycles. The van der Waals surface area contributed by atoms with Crippen molar-refractivity contribution >= 4 is 11.6 Å². The van der Waals surface area contributed by atoms with Crippen LogP contribution >= 0.6 is 11.6 Å². The zero-order valence-corrected chi connectivity index (χ0v) is 11.9. The van der Waals surface area contributed by atoms with Crippen molar-refractivity contribution in [3.8, 4) is 5.75 Å². The molecule has 0 aliphatic rings. The lowest BCUT2D eigenvalue weighted by Crippen LogP contribution is -2.35. The summed E-state index contributed by atoms with van der Waals surface area (Å²) in [6.45, 7) is 3.09. The summed E-state index contributed by atoms with van der Waals surface area (Å²) in [6.07, 6.45) is 0.740. The van der Waals surface area contributed by atoms with Gasteiger partial charge in [0.25, 0.3) is 0 Å². The van der Waals surface area contributed by atoms with Crippen LogP contribution < -0.4 is 10.1 Å². The van der Waals surface area contributed by atoms with Gasteiger partial charge >= 0.3 is 0 Å². The highest BCUT2D eigenvalue weighted by Gasteiger charge is 2.07. The van der Waals surface area contributed by atoms with Crippen LogP contribution in [0.25, 0.3) is 0 Å². The Kier molecular flexibility index (Phi) is 7.82. The summed E-state index contributed by atoms with van der Waals surface area (Å²) in [6, 6.07) is 7.05. The summed E-state index contributed by atoms with van der Waals surface area (Å²) in [4.78, 5) is 0. The summed E-state index contributed by atoms with van der Waals surface area (Å²) < 4.78 is 5.42. The summed E-state index contributed by atoms with van der Waals surface area (Å²) in [7, 11) is 0. The average molecular weight is 288 g/mol. The van der Waals surface area contributed by atoms with E-state index in [9.17, 15) is 10.2 Å². The SMILES string of the molecule is CCCC(O)CNCC(O)COc1cccc(Cl)c1. The first-order valence-electron chi connectivity index (χ1n) is 6.57. The molecule has 1 rings (SSSR count). The second kappa shape index (κ2) is 9.15. The molecule has 108 valence electrons. The van der Waals surface area contributed by atoms with E-state index in [1.54, 1.807) is 24.3 Å². The molecule has 0 saturated heterocycles. The topological polar surface area (TPSA) is 61.7 Å². The fourth-order valence-electron chi connectivity index (χ4n) is 1.66. The molecule has 0 heterocycles. The molecule has 0 aliphatic carbocycles. The van der Waals surface area contributed by atoms with Crippen LogP contribution in [0.3, 0.4) is 0 Å². The zero-order chi connectivity index (χ0) is 14.1. The van der Waals surface area contributed by atoms with E-state index in [4.69, 9.17) is 16.3 Å². The van der Waals surface area contributed by atoms with Gasteiger partial charge in [-0.25, -0.2) is 0 Å². The predicted octanol–water partition coefficient (Wildman–Crippen LogP) is 1.83. The van der Waals surface area contributed by atoms with Crippen LogP contribution in [0.5, 0.6) is 5.75 Å². The average Bonchev–Trinajstić information content (AvgIpc) is 2.37. The molecule has 2 atom stereocenters. The monoisotopic (exact) mass is 287 g/mol. The van der Waals surface area contributed by atoms with E-state index in [2.05, 4.69) is 5.32 Å². The van der Waals surface area contributed by atoms with Crippen molar-refractivity contribution in [2.75, 3.05) is 19.7 Å². The molecule has 4 nitrogen and oxygen atoms in total. The van der Waals surface area contributed by atoms with Gasteiger partial charge in [-0.15, -0.1) is 0 Å². The van der Waals surface area contributed by atoms with Crippen LogP contribution in [-0.2, 0) is 0 Å². The largest absolute Gasteiger partial charge is 0.491 e. The van der Waals surface area contributed by atoms with Gasteiger partial charge in [-0.3, -0.25) is 0 Å². The molecule has 0 amide bonds. The van der Waals surface area contributed by atoms with Crippen LogP contribution in [0.4, 0.5) is 0 Å². The maximum absolute atomic E-state index is 9.72. The minimum Gasteiger partial charge on any atom is -0.491 e. The highest BCUT2D eigenvalue weighted by Crippen LogP contribution is 2.17. The Labute approximate surface area is 119 Å². The fourth-order valence-corrected chi connectivity index (χ4v) is 1.84. The molecule has 0 aliphatic heterocycles. The standard InChI is InChI=1S/C14H22ClNO3/c1-2-4-12(17)8-16-9-13(18)10-19-14-6-3-5-11(15)7-14/h3,5-7,12-13,16-18H,2,4,8-10H2,1H3. The smallest absolute Gasteiger partial charge is 0.120 e. The number of rotatable bonds is 9. The summed E-state index contributed by atoms with van der Waals surface area (Å²) in [5.41, 5.74) is 0. The van der Waals surface area contributed by atoms with E-state index in [-0.39, 0.29) is 12.7 Å². The third-order valence-electron chi connectivity index (χ3n) is 2.62. The number of ether oxygens (including phenoxy) is 1. The molecule has 1 aromatic rings. The highest BCUT2D eigenvalue weighted by atomic mass is 35.5. The van der Waals surface area contributed by atoms with Gasteiger partial charge in [0, 0.05) is 18.1 Å². The molecule has 0 spiro atoms. The minimum absolute atomic E-state index is 0.192. The maximum atomic E-state index is 9.72. The Morgan fingerprint density at radius 2 is 2.00 bits per heavy atom. The third kappa shape index (κ3) is 7.38. The van der Waals surface area contributed by atoms with Gasteiger partial charge in [-0.1, -0.05) is 31.0 Å². The third-order valence-corrected chi connectivity index (χ3v) is 2.86. The Morgan fingerprint density at radius 3 is 2.68 bits per heavy atom. The Hall–Kier alpha value is -0.810. The van der Waals surface area contributed by atoms with Gasteiger partial charge in [0.15, 0.2) is 0 Å². The van der Waals surface area contributed by atoms with Gasteiger partial charge in [-0.2, -0.15) is 0 Å². The van der Waals surface area contributed by atoms with Gasteiger partial charge in [0.2, 0.25) is 0 Å². The fraction of sp³-hybridized carbons (Fsp3) is 0.571. The van der Waals surface area contributed by atoms with Gasteiger partial charge in [0.05, 0.1) is 6.10 Å². The number of hydrogen-bond donors (Lipinski definition) is 3. The van der Waals surface area contributed by atoms with E-state index < -0.39 is 6.10 Å². The Morgan fingerprint density at radius 1 is 1.26 bits per heavy atom. The molecule has 19 heavy (non-hydrogen) atoms. The van der Waals surface area contributed by atoms with E-state index in [0.717, 1.165) is 12.8 Å². The Bertz CT molecular complexity index is 362. The molecule has 0 radical (unpaired) electrons. The van der Waals surface area contributed by atoms with Crippen LogP contribution in [0.15, 0.2) is 24.3 Å². The summed E-state index contributed by atoms with van der Waals surface area (Å²) in [5.74, 6) is 0.637. The first-order chi connectivity index (χ1) is 9.11. The first kappa shape index (κ1) is 16.2. The van der Waals surface area contributed by atoms with Crippen molar-refractivity contribution in [2.45, 2.75) is 32.0 Å². The molecule has 3 N–H and O–H groups in total. The normalized spacial score (nSPS) is 14.1. The van der Waals surface area contributed by atoms with E-state index >= 15 is 0 Å². The molecule has 0 saturated carbocycles. The lowest BCUT2D eigenvalue weighted by Gasteiger charge is -2.15. The lowest BCUT2D eigenvalue weighted by molar-refractivity contribution is 0.0984. The molecule has 0 bridgehead atoms. The number of halogens is 1. The van der Waals surface area contributed by atoms with Crippen LogP contribution in [0, 0.1) is 0 Å². The van der Waals surface area contributed by atoms with Crippen molar-refractivity contribution in [2.24, 2.45) is 0 Å². The molecule has 2 unspecified atom stereocenters. The van der Waals surface area contributed by atoms with E-state index in [0.29, 0.717) is 23.9 Å². The van der Waals surface area contributed by atoms with E-state index in [1.165, 1.54) is 0 Å². The summed E-state index contributed by atoms with van der Waals surface area (Å²) in [5, 5.41) is 22.8. The zero-order valence-electron chi connectivity index (χ0n) is 11.2. The molecular weight excluding hydrogens is 266 g/mol.